The molecular weight excluding hydrogens is 248 g/mol. The molecule has 2 saturated carbocycles. The zero-order valence-corrected chi connectivity index (χ0v) is 12.0. The predicted molar refractivity (Wildman–Crippen MR) is 72.2 cm³/mol. The average molecular weight is 272 g/mol. The van der Waals surface area contributed by atoms with Crippen molar-refractivity contribution in [2.24, 2.45) is 5.92 Å². The van der Waals surface area contributed by atoms with Gasteiger partial charge in [0.15, 0.2) is 9.84 Å². The molecule has 2 rings (SSSR count). The van der Waals surface area contributed by atoms with Gasteiger partial charge in [-0.2, -0.15) is 0 Å². The van der Waals surface area contributed by atoms with Crippen LogP contribution in [0.3, 0.4) is 0 Å². The third-order valence-corrected chi connectivity index (χ3v) is 7.53. The van der Waals surface area contributed by atoms with E-state index in [1.165, 1.54) is 6.42 Å². The molecule has 104 valence electrons. The molecule has 0 aromatic heterocycles. The number of sulfone groups is 1. The molecule has 0 atom stereocenters. The number of carbonyl (C=O) groups excluding carboxylic acids is 1. The molecule has 0 aliphatic heterocycles. The Morgan fingerprint density at radius 1 is 0.833 bits per heavy atom. The van der Waals surface area contributed by atoms with Crippen molar-refractivity contribution in [2.75, 3.05) is 0 Å². The van der Waals surface area contributed by atoms with Gasteiger partial charge in [-0.3, -0.25) is 4.79 Å². The molecule has 0 radical (unpaired) electrons. The normalized spacial score (nSPS) is 31.2. The summed E-state index contributed by atoms with van der Waals surface area (Å²) in [6.45, 7) is 1.63. The van der Waals surface area contributed by atoms with Crippen LogP contribution in [0.15, 0.2) is 0 Å². The van der Waals surface area contributed by atoms with Crippen molar-refractivity contribution in [3.05, 3.63) is 0 Å². The lowest BCUT2D eigenvalue weighted by atomic mass is 9.86. The topological polar surface area (TPSA) is 51.2 Å². The van der Waals surface area contributed by atoms with E-state index in [0.717, 1.165) is 38.5 Å². The van der Waals surface area contributed by atoms with Gasteiger partial charge in [0.2, 0.25) is 0 Å². The van der Waals surface area contributed by atoms with Gasteiger partial charge >= 0.3 is 0 Å². The van der Waals surface area contributed by atoms with Crippen LogP contribution in [0.5, 0.6) is 0 Å². The molecule has 0 aromatic rings. The molecule has 0 bridgehead atoms. The van der Waals surface area contributed by atoms with Gasteiger partial charge in [-0.1, -0.05) is 19.3 Å². The zero-order valence-electron chi connectivity index (χ0n) is 11.2. The van der Waals surface area contributed by atoms with Crippen LogP contribution in [0.1, 0.15) is 64.7 Å². The van der Waals surface area contributed by atoms with Crippen LogP contribution < -0.4 is 0 Å². The Balaban J connectivity index is 1.97. The average Bonchev–Trinajstić information content (AvgIpc) is 2.40. The van der Waals surface area contributed by atoms with E-state index in [1.54, 1.807) is 6.92 Å². The van der Waals surface area contributed by atoms with Crippen LogP contribution in [0.2, 0.25) is 0 Å². The van der Waals surface area contributed by atoms with Gasteiger partial charge in [0.1, 0.15) is 5.78 Å². The Morgan fingerprint density at radius 3 is 1.83 bits per heavy atom. The third-order valence-electron chi connectivity index (χ3n) is 4.73. The summed E-state index contributed by atoms with van der Waals surface area (Å²) in [6, 6.07) is 0. The molecule has 18 heavy (non-hydrogen) atoms. The molecule has 3 nitrogen and oxygen atoms in total. The Bertz CT molecular complexity index is 385. The number of hydrogen-bond donors (Lipinski definition) is 0. The number of carbonyl (C=O) groups is 1. The highest BCUT2D eigenvalue weighted by atomic mass is 32.2. The van der Waals surface area contributed by atoms with E-state index in [9.17, 15) is 13.2 Å². The maximum absolute atomic E-state index is 12.5. The van der Waals surface area contributed by atoms with Gasteiger partial charge in [0, 0.05) is 5.92 Å². The fourth-order valence-corrected chi connectivity index (χ4v) is 5.93. The third kappa shape index (κ3) is 2.95. The smallest absolute Gasteiger partial charge is 0.156 e. The van der Waals surface area contributed by atoms with Crippen molar-refractivity contribution in [1.82, 2.24) is 0 Å². The Labute approximate surface area is 110 Å². The fraction of sp³-hybridized carbons (Fsp3) is 0.929. The van der Waals surface area contributed by atoms with Crippen molar-refractivity contribution < 1.29 is 13.2 Å². The maximum atomic E-state index is 12.5. The van der Waals surface area contributed by atoms with Crippen LogP contribution in [0.4, 0.5) is 0 Å². The number of ketones is 1. The second-order valence-corrected chi connectivity index (χ2v) is 8.44. The molecule has 2 fully saturated rings. The maximum Gasteiger partial charge on any atom is 0.156 e. The summed E-state index contributed by atoms with van der Waals surface area (Å²) >= 11 is 0. The highest BCUT2D eigenvalue weighted by Gasteiger charge is 2.37. The summed E-state index contributed by atoms with van der Waals surface area (Å²) in [5.41, 5.74) is 0. The van der Waals surface area contributed by atoms with Crippen LogP contribution in [-0.2, 0) is 14.6 Å². The molecule has 0 unspecified atom stereocenters. The van der Waals surface area contributed by atoms with E-state index in [4.69, 9.17) is 0 Å². The van der Waals surface area contributed by atoms with Crippen LogP contribution in [-0.4, -0.2) is 24.7 Å². The van der Waals surface area contributed by atoms with E-state index in [0.29, 0.717) is 12.8 Å². The Hall–Kier alpha value is -0.380. The minimum atomic E-state index is -2.95. The van der Waals surface area contributed by atoms with Gasteiger partial charge in [-0.05, 0) is 45.4 Å². The first kappa shape index (κ1) is 14.0. The molecular formula is C14H24O3S. The summed E-state index contributed by atoms with van der Waals surface area (Å²) in [7, 11) is -2.95. The molecule has 0 amide bonds. The summed E-state index contributed by atoms with van der Waals surface area (Å²) in [5.74, 6) is 0.339. The SMILES string of the molecule is CC(=O)C1CCC(S(=O)(=O)C2CCCCC2)CC1. The highest BCUT2D eigenvalue weighted by molar-refractivity contribution is 7.92. The minimum Gasteiger partial charge on any atom is -0.300 e. The van der Waals surface area contributed by atoms with Gasteiger partial charge in [0.25, 0.3) is 0 Å². The minimum absolute atomic E-state index is 0.0925. The van der Waals surface area contributed by atoms with Crippen LogP contribution in [0.25, 0.3) is 0 Å². The van der Waals surface area contributed by atoms with Gasteiger partial charge < -0.3 is 0 Å². The van der Waals surface area contributed by atoms with Gasteiger partial charge in [-0.15, -0.1) is 0 Å². The Morgan fingerprint density at radius 2 is 1.33 bits per heavy atom. The lowest BCUT2D eigenvalue weighted by Gasteiger charge is -2.31. The second kappa shape index (κ2) is 5.72. The van der Waals surface area contributed by atoms with E-state index < -0.39 is 9.84 Å². The lowest BCUT2D eigenvalue weighted by Crippen LogP contribution is -2.36. The first-order valence-corrected chi connectivity index (χ1v) is 8.86. The van der Waals surface area contributed by atoms with Gasteiger partial charge in [0.05, 0.1) is 10.5 Å². The number of rotatable bonds is 3. The van der Waals surface area contributed by atoms with E-state index in [1.807, 2.05) is 0 Å². The largest absolute Gasteiger partial charge is 0.300 e. The van der Waals surface area contributed by atoms with E-state index in [2.05, 4.69) is 0 Å². The quantitative estimate of drug-likeness (QED) is 0.793. The highest BCUT2D eigenvalue weighted by Crippen LogP contribution is 2.34. The molecule has 0 aromatic carbocycles. The Kier molecular flexibility index (Phi) is 4.46. The summed E-state index contributed by atoms with van der Waals surface area (Å²) in [5, 5.41) is -0.263. The van der Waals surface area contributed by atoms with E-state index >= 15 is 0 Å². The second-order valence-electron chi connectivity index (χ2n) is 5.93. The summed E-state index contributed by atoms with van der Waals surface area (Å²) in [6.07, 6.45) is 7.95. The predicted octanol–water partition coefficient (Wildman–Crippen LogP) is 2.88. The molecule has 0 N–H and O–H groups in total. The molecule has 0 saturated heterocycles. The molecule has 4 heteroatoms. The fourth-order valence-electron chi connectivity index (χ4n) is 3.46. The van der Waals surface area contributed by atoms with Crippen molar-refractivity contribution >= 4 is 15.6 Å². The standard InChI is InChI=1S/C14H24O3S/c1-11(15)12-7-9-14(10-8-12)18(16,17)13-5-3-2-4-6-13/h12-14H,2-10H2,1H3. The van der Waals surface area contributed by atoms with Crippen LogP contribution in [0, 0.1) is 5.92 Å². The molecule has 2 aliphatic carbocycles. The van der Waals surface area contributed by atoms with E-state index in [-0.39, 0.29) is 22.2 Å². The van der Waals surface area contributed by atoms with Crippen molar-refractivity contribution in [2.45, 2.75) is 75.2 Å². The van der Waals surface area contributed by atoms with Crippen molar-refractivity contribution in [3.63, 3.8) is 0 Å². The molecule has 2 aliphatic rings. The number of hydrogen-bond acceptors (Lipinski definition) is 3. The van der Waals surface area contributed by atoms with Crippen molar-refractivity contribution in [3.8, 4) is 0 Å². The monoisotopic (exact) mass is 272 g/mol. The van der Waals surface area contributed by atoms with Crippen molar-refractivity contribution in [1.29, 1.82) is 0 Å². The zero-order chi connectivity index (χ0) is 13.2. The summed E-state index contributed by atoms with van der Waals surface area (Å²) in [4.78, 5) is 11.3. The number of Topliss-reactive ketones (excluding diaryl/α,β-unsaturated/α-hetero) is 1. The first-order chi connectivity index (χ1) is 8.51. The summed E-state index contributed by atoms with van der Waals surface area (Å²) < 4.78 is 25.1. The first-order valence-electron chi connectivity index (χ1n) is 7.25. The van der Waals surface area contributed by atoms with Crippen LogP contribution >= 0.6 is 0 Å². The molecule has 0 heterocycles. The van der Waals surface area contributed by atoms with Gasteiger partial charge in [-0.25, -0.2) is 8.42 Å². The lowest BCUT2D eigenvalue weighted by molar-refractivity contribution is -0.121. The molecule has 0 spiro atoms.